The Balaban J connectivity index is 2.52. The molecule has 0 aromatic heterocycles. The van der Waals surface area contributed by atoms with Crippen molar-refractivity contribution in [2.24, 2.45) is 0 Å². The molecule has 1 rings (SSSR count). The lowest BCUT2D eigenvalue weighted by Gasteiger charge is -2.05. The fraction of sp³-hybridized carbons (Fsp3) is 0.385. The van der Waals surface area contributed by atoms with E-state index in [9.17, 15) is 4.39 Å². The van der Waals surface area contributed by atoms with Crippen LogP contribution in [0.2, 0.25) is 5.02 Å². The maximum atomic E-state index is 12.9. The zero-order valence-corrected chi connectivity index (χ0v) is 10.9. The lowest BCUT2D eigenvalue weighted by Crippen LogP contribution is -2.20. The highest BCUT2D eigenvalue weighted by Gasteiger charge is 1.99. The third kappa shape index (κ3) is 5.31. The molecule has 0 unspecified atom stereocenters. The minimum absolute atomic E-state index is 0.152. The molecule has 0 saturated carbocycles. The highest BCUT2D eigenvalue weighted by molar-refractivity contribution is 6.30. The van der Waals surface area contributed by atoms with Crippen molar-refractivity contribution in [3.05, 3.63) is 40.2 Å². The predicted molar refractivity (Wildman–Crippen MR) is 69.8 cm³/mol. The molecule has 1 aromatic carbocycles. The van der Waals surface area contributed by atoms with Gasteiger partial charge in [0, 0.05) is 20.2 Å². The Kier molecular flexibility index (Phi) is 6.19. The van der Waals surface area contributed by atoms with Crippen LogP contribution >= 0.6 is 11.6 Å². The molecule has 0 heterocycles. The first-order valence-corrected chi connectivity index (χ1v) is 5.83. The number of ether oxygens (including phenoxy) is 1. The van der Waals surface area contributed by atoms with E-state index in [0.717, 1.165) is 24.2 Å². The van der Waals surface area contributed by atoms with Crippen molar-refractivity contribution in [1.82, 2.24) is 5.32 Å². The third-order valence-corrected chi connectivity index (χ3v) is 2.53. The van der Waals surface area contributed by atoms with Gasteiger partial charge in [-0.2, -0.15) is 0 Å². The number of benzene rings is 1. The van der Waals surface area contributed by atoms with Gasteiger partial charge in [0.05, 0.1) is 11.6 Å². The van der Waals surface area contributed by atoms with Gasteiger partial charge in [-0.1, -0.05) is 29.3 Å². The monoisotopic (exact) mass is 257 g/mol. The van der Waals surface area contributed by atoms with Crippen LogP contribution < -0.4 is 5.32 Å². The molecule has 0 spiro atoms. The summed E-state index contributed by atoms with van der Waals surface area (Å²) in [5.74, 6) is -0.389. The van der Waals surface area contributed by atoms with Gasteiger partial charge >= 0.3 is 0 Å². The van der Waals surface area contributed by atoms with Gasteiger partial charge in [0.15, 0.2) is 0 Å². The minimum Gasteiger partial charge on any atom is -0.383 e. The van der Waals surface area contributed by atoms with Crippen molar-refractivity contribution < 1.29 is 9.13 Å². The van der Waals surface area contributed by atoms with Gasteiger partial charge in [-0.25, -0.2) is 4.39 Å². The van der Waals surface area contributed by atoms with Gasteiger partial charge in [0.25, 0.3) is 0 Å². The topological polar surface area (TPSA) is 21.3 Å². The van der Waals surface area contributed by atoms with E-state index >= 15 is 0 Å². The number of halogens is 2. The van der Waals surface area contributed by atoms with E-state index in [2.05, 4.69) is 5.32 Å². The standard InChI is InChI=1S/C13H17ClFNO/c1-10(9-16-5-6-17-2)7-11-3-4-13(15)12(14)8-11/h3-4,7-8,16H,5-6,9H2,1-2H3/b10-7+. The van der Waals surface area contributed by atoms with Crippen LogP contribution in [-0.4, -0.2) is 26.8 Å². The molecule has 94 valence electrons. The van der Waals surface area contributed by atoms with E-state index < -0.39 is 0 Å². The molecule has 0 aliphatic rings. The molecule has 0 atom stereocenters. The van der Waals surface area contributed by atoms with Gasteiger partial charge in [0.2, 0.25) is 0 Å². The molecule has 0 aliphatic heterocycles. The second kappa shape index (κ2) is 7.43. The molecule has 0 saturated heterocycles. The number of rotatable bonds is 6. The average Bonchev–Trinajstić information content (AvgIpc) is 2.30. The van der Waals surface area contributed by atoms with E-state index in [0.29, 0.717) is 6.61 Å². The molecule has 0 fully saturated rings. The Morgan fingerprint density at radius 1 is 1.53 bits per heavy atom. The Hall–Kier alpha value is -0.900. The van der Waals surface area contributed by atoms with E-state index in [4.69, 9.17) is 16.3 Å². The van der Waals surface area contributed by atoms with Crippen LogP contribution in [0.3, 0.4) is 0 Å². The van der Waals surface area contributed by atoms with Crippen molar-refractivity contribution in [1.29, 1.82) is 0 Å². The van der Waals surface area contributed by atoms with Crippen molar-refractivity contribution in [2.75, 3.05) is 26.8 Å². The van der Waals surface area contributed by atoms with Crippen molar-refractivity contribution in [3.8, 4) is 0 Å². The zero-order chi connectivity index (χ0) is 12.7. The van der Waals surface area contributed by atoms with Crippen LogP contribution in [-0.2, 0) is 4.74 Å². The second-order valence-electron chi connectivity index (χ2n) is 3.83. The summed E-state index contributed by atoms with van der Waals surface area (Å²) in [6, 6.07) is 4.70. The zero-order valence-electron chi connectivity index (χ0n) is 10.1. The molecule has 17 heavy (non-hydrogen) atoms. The summed E-state index contributed by atoms with van der Waals surface area (Å²) in [6.07, 6.45) is 1.98. The maximum absolute atomic E-state index is 12.9. The quantitative estimate of drug-likeness (QED) is 0.791. The number of hydrogen-bond donors (Lipinski definition) is 1. The fourth-order valence-electron chi connectivity index (χ4n) is 1.40. The van der Waals surface area contributed by atoms with Crippen LogP contribution in [0.1, 0.15) is 12.5 Å². The van der Waals surface area contributed by atoms with Gasteiger partial charge in [0.1, 0.15) is 5.82 Å². The van der Waals surface area contributed by atoms with E-state index in [1.807, 2.05) is 13.0 Å². The summed E-state index contributed by atoms with van der Waals surface area (Å²) in [7, 11) is 1.67. The Bertz CT molecular complexity index is 393. The summed E-state index contributed by atoms with van der Waals surface area (Å²) in [4.78, 5) is 0. The van der Waals surface area contributed by atoms with Crippen molar-refractivity contribution >= 4 is 17.7 Å². The fourth-order valence-corrected chi connectivity index (χ4v) is 1.59. The smallest absolute Gasteiger partial charge is 0.141 e. The molecule has 0 bridgehead atoms. The Labute approximate surface area is 106 Å². The molecule has 1 aromatic rings. The summed E-state index contributed by atoms with van der Waals surface area (Å²) in [6.45, 7) is 4.29. The Morgan fingerprint density at radius 3 is 2.94 bits per heavy atom. The highest BCUT2D eigenvalue weighted by atomic mass is 35.5. The molecule has 0 amide bonds. The first kappa shape index (κ1) is 14.2. The third-order valence-electron chi connectivity index (χ3n) is 2.24. The summed E-state index contributed by atoms with van der Waals surface area (Å²) in [5, 5.41) is 3.38. The summed E-state index contributed by atoms with van der Waals surface area (Å²) in [5.41, 5.74) is 2.06. The number of nitrogens with one attached hydrogen (secondary N) is 1. The van der Waals surface area contributed by atoms with Crippen molar-refractivity contribution in [2.45, 2.75) is 6.92 Å². The van der Waals surface area contributed by atoms with Crippen LogP contribution in [0.15, 0.2) is 23.8 Å². The van der Waals surface area contributed by atoms with Gasteiger partial charge in [-0.15, -0.1) is 0 Å². The summed E-state index contributed by atoms with van der Waals surface area (Å²) >= 11 is 5.71. The van der Waals surface area contributed by atoms with Crippen LogP contribution in [0.5, 0.6) is 0 Å². The Morgan fingerprint density at radius 2 is 2.29 bits per heavy atom. The normalized spacial score (nSPS) is 11.9. The molecule has 2 nitrogen and oxygen atoms in total. The van der Waals surface area contributed by atoms with Crippen LogP contribution in [0.25, 0.3) is 6.08 Å². The molecule has 0 radical (unpaired) electrons. The van der Waals surface area contributed by atoms with Gasteiger partial charge in [-0.3, -0.25) is 0 Å². The summed E-state index contributed by atoms with van der Waals surface area (Å²) < 4.78 is 17.9. The van der Waals surface area contributed by atoms with Crippen molar-refractivity contribution in [3.63, 3.8) is 0 Å². The molecule has 4 heteroatoms. The largest absolute Gasteiger partial charge is 0.383 e. The lowest BCUT2D eigenvalue weighted by atomic mass is 10.1. The molecular formula is C13H17ClFNO. The first-order valence-electron chi connectivity index (χ1n) is 5.45. The number of hydrogen-bond acceptors (Lipinski definition) is 2. The maximum Gasteiger partial charge on any atom is 0.141 e. The van der Waals surface area contributed by atoms with E-state index in [-0.39, 0.29) is 10.8 Å². The number of methoxy groups -OCH3 is 1. The predicted octanol–water partition coefficient (Wildman–Crippen LogP) is 3.12. The molecule has 1 N–H and O–H groups in total. The van der Waals surface area contributed by atoms with E-state index in [1.54, 1.807) is 19.2 Å². The first-order chi connectivity index (χ1) is 8.13. The minimum atomic E-state index is -0.389. The molecule has 0 aliphatic carbocycles. The van der Waals surface area contributed by atoms with Crippen LogP contribution in [0, 0.1) is 5.82 Å². The average molecular weight is 258 g/mol. The van der Waals surface area contributed by atoms with Crippen LogP contribution in [0.4, 0.5) is 4.39 Å². The SMILES string of the molecule is COCCNC/C(C)=C/c1ccc(F)c(Cl)c1. The van der Waals surface area contributed by atoms with Gasteiger partial charge in [-0.05, 0) is 24.6 Å². The highest BCUT2D eigenvalue weighted by Crippen LogP contribution is 2.17. The second-order valence-corrected chi connectivity index (χ2v) is 4.24. The van der Waals surface area contributed by atoms with E-state index in [1.165, 1.54) is 6.07 Å². The molecular weight excluding hydrogens is 241 g/mol. The van der Waals surface area contributed by atoms with Gasteiger partial charge < -0.3 is 10.1 Å². The lowest BCUT2D eigenvalue weighted by molar-refractivity contribution is 0.200.